The highest BCUT2D eigenvalue weighted by atomic mass is 19.1. The molecule has 1 aromatic rings. The molecule has 2 rings (SSSR count). The van der Waals surface area contributed by atoms with Gasteiger partial charge in [0.1, 0.15) is 5.82 Å². The van der Waals surface area contributed by atoms with Gasteiger partial charge in [-0.1, -0.05) is 0 Å². The zero-order chi connectivity index (χ0) is 13.1. The summed E-state index contributed by atoms with van der Waals surface area (Å²) in [4.78, 5) is 19.6. The molecule has 0 spiro atoms. The smallest absolute Gasteiger partial charge is 0.215 e. The van der Waals surface area contributed by atoms with E-state index in [4.69, 9.17) is 0 Å². The summed E-state index contributed by atoms with van der Waals surface area (Å²) in [5.74, 6) is -0.0853. The second kappa shape index (κ2) is 5.44. The van der Waals surface area contributed by atoms with Gasteiger partial charge in [-0.05, 0) is 33.0 Å². The van der Waals surface area contributed by atoms with Crippen molar-refractivity contribution in [3.8, 4) is 0 Å². The van der Waals surface area contributed by atoms with E-state index in [-0.39, 0.29) is 12.3 Å². The number of halogens is 1. The molecule has 4 nitrogen and oxygen atoms in total. The van der Waals surface area contributed by atoms with Gasteiger partial charge < -0.3 is 9.80 Å². The first-order chi connectivity index (χ1) is 8.56. The van der Waals surface area contributed by atoms with Crippen LogP contribution in [0, 0.1) is 5.95 Å². The van der Waals surface area contributed by atoms with Crippen LogP contribution in [0.3, 0.4) is 0 Å². The molecule has 1 fully saturated rings. The molecule has 0 radical (unpaired) electrons. The molecular weight excluding hydrogens is 233 g/mol. The summed E-state index contributed by atoms with van der Waals surface area (Å²) in [5, 5.41) is 0. The molecule has 0 unspecified atom stereocenters. The van der Waals surface area contributed by atoms with E-state index in [0.717, 1.165) is 25.9 Å². The van der Waals surface area contributed by atoms with Gasteiger partial charge in [0.2, 0.25) is 5.95 Å². The fourth-order valence-electron chi connectivity index (χ4n) is 2.13. The number of carbonyl (C=O) groups is 1. The molecule has 2 heterocycles. The number of aromatic nitrogens is 1. The van der Waals surface area contributed by atoms with E-state index < -0.39 is 5.95 Å². The van der Waals surface area contributed by atoms with Crippen LogP contribution in [0.1, 0.15) is 23.2 Å². The third-order valence-electron chi connectivity index (χ3n) is 2.99. The minimum absolute atomic E-state index is 0.0817. The summed E-state index contributed by atoms with van der Waals surface area (Å²) in [6.07, 6.45) is 2.19. The lowest BCUT2D eigenvalue weighted by atomic mass is 10.1. The van der Waals surface area contributed by atoms with E-state index in [1.807, 2.05) is 19.0 Å². The van der Waals surface area contributed by atoms with Crippen LogP contribution in [0.4, 0.5) is 10.2 Å². The van der Waals surface area contributed by atoms with Crippen LogP contribution in [0.25, 0.3) is 0 Å². The number of pyridine rings is 1. The fraction of sp³-hybridized carbons (Fsp3) is 0.538. The van der Waals surface area contributed by atoms with Gasteiger partial charge >= 0.3 is 0 Å². The van der Waals surface area contributed by atoms with Gasteiger partial charge in [-0.15, -0.1) is 0 Å². The standard InChI is InChI=1S/C13H18FN3O/c1-16(2)9-11(18)10-7-12(14)15-13(8-10)17-5-3-4-6-17/h7-8H,3-6,9H2,1-2H3. The Balaban J connectivity index is 2.23. The minimum atomic E-state index is -0.582. The van der Waals surface area contributed by atoms with Crippen LogP contribution in [0.5, 0.6) is 0 Å². The van der Waals surface area contributed by atoms with E-state index in [2.05, 4.69) is 4.98 Å². The number of anilines is 1. The Bertz CT molecular complexity index is 442. The van der Waals surface area contributed by atoms with Crippen molar-refractivity contribution in [3.05, 3.63) is 23.6 Å². The monoisotopic (exact) mass is 251 g/mol. The highest BCUT2D eigenvalue weighted by Crippen LogP contribution is 2.20. The van der Waals surface area contributed by atoms with Gasteiger partial charge in [0.15, 0.2) is 5.78 Å². The zero-order valence-electron chi connectivity index (χ0n) is 10.8. The van der Waals surface area contributed by atoms with E-state index in [9.17, 15) is 9.18 Å². The first-order valence-electron chi connectivity index (χ1n) is 6.17. The number of ketones is 1. The lowest BCUT2D eigenvalue weighted by Crippen LogP contribution is -2.23. The number of carbonyl (C=O) groups excluding carboxylic acids is 1. The molecule has 0 N–H and O–H groups in total. The Kier molecular flexibility index (Phi) is 3.91. The number of Topliss-reactive ketones (excluding diaryl/α,β-unsaturated/α-hetero) is 1. The van der Waals surface area contributed by atoms with E-state index in [1.165, 1.54) is 6.07 Å². The molecule has 1 aliphatic heterocycles. The van der Waals surface area contributed by atoms with Crippen LogP contribution >= 0.6 is 0 Å². The minimum Gasteiger partial charge on any atom is -0.357 e. The second-order valence-electron chi connectivity index (χ2n) is 4.89. The van der Waals surface area contributed by atoms with Crippen molar-refractivity contribution in [2.45, 2.75) is 12.8 Å². The summed E-state index contributed by atoms with van der Waals surface area (Å²) in [6, 6.07) is 2.91. The maximum absolute atomic E-state index is 13.5. The van der Waals surface area contributed by atoms with Gasteiger partial charge in [0.05, 0.1) is 6.54 Å². The van der Waals surface area contributed by atoms with Crippen LogP contribution in [0.2, 0.25) is 0 Å². The number of hydrogen-bond acceptors (Lipinski definition) is 4. The van der Waals surface area contributed by atoms with Crippen LogP contribution in [-0.4, -0.2) is 49.4 Å². The first kappa shape index (κ1) is 13.0. The molecule has 0 bridgehead atoms. The molecule has 0 aromatic carbocycles. The average Bonchev–Trinajstić information content (AvgIpc) is 2.80. The zero-order valence-corrected chi connectivity index (χ0v) is 10.8. The van der Waals surface area contributed by atoms with Crippen molar-refractivity contribution in [2.24, 2.45) is 0 Å². The lowest BCUT2D eigenvalue weighted by molar-refractivity contribution is 0.0957. The first-order valence-corrected chi connectivity index (χ1v) is 6.17. The molecule has 1 aromatic heterocycles. The highest BCUT2D eigenvalue weighted by Gasteiger charge is 2.17. The predicted molar refractivity (Wildman–Crippen MR) is 68.5 cm³/mol. The van der Waals surface area contributed by atoms with Gasteiger partial charge in [-0.2, -0.15) is 4.39 Å². The van der Waals surface area contributed by atoms with Crippen molar-refractivity contribution in [2.75, 3.05) is 38.6 Å². The van der Waals surface area contributed by atoms with E-state index in [1.54, 1.807) is 11.0 Å². The molecule has 1 saturated heterocycles. The Morgan fingerprint density at radius 1 is 1.39 bits per heavy atom. The molecule has 0 saturated carbocycles. The number of rotatable bonds is 4. The maximum Gasteiger partial charge on any atom is 0.215 e. The summed E-state index contributed by atoms with van der Waals surface area (Å²) >= 11 is 0. The van der Waals surface area contributed by atoms with Gasteiger partial charge in [-0.3, -0.25) is 4.79 Å². The van der Waals surface area contributed by atoms with E-state index in [0.29, 0.717) is 11.4 Å². The SMILES string of the molecule is CN(C)CC(=O)c1cc(F)nc(N2CCCC2)c1. The van der Waals surface area contributed by atoms with Crippen LogP contribution < -0.4 is 4.90 Å². The van der Waals surface area contributed by atoms with Gasteiger partial charge in [0.25, 0.3) is 0 Å². The number of hydrogen-bond donors (Lipinski definition) is 0. The Labute approximate surface area is 106 Å². The summed E-state index contributed by atoms with van der Waals surface area (Å²) in [6.45, 7) is 2.05. The summed E-state index contributed by atoms with van der Waals surface area (Å²) in [5.41, 5.74) is 0.401. The van der Waals surface area contributed by atoms with Crippen LogP contribution in [-0.2, 0) is 0 Å². The third-order valence-corrected chi connectivity index (χ3v) is 2.99. The van der Waals surface area contributed by atoms with E-state index >= 15 is 0 Å². The van der Waals surface area contributed by atoms with Crippen molar-refractivity contribution in [1.82, 2.24) is 9.88 Å². The van der Waals surface area contributed by atoms with Crippen molar-refractivity contribution >= 4 is 11.6 Å². The highest BCUT2D eigenvalue weighted by molar-refractivity contribution is 5.98. The summed E-state index contributed by atoms with van der Waals surface area (Å²) < 4.78 is 13.5. The van der Waals surface area contributed by atoms with Crippen molar-refractivity contribution < 1.29 is 9.18 Å². The Morgan fingerprint density at radius 3 is 2.67 bits per heavy atom. The second-order valence-corrected chi connectivity index (χ2v) is 4.89. The van der Waals surface area contributed by atoms with Crippen molar-refractivity contribution in [3.63, 3.8) is 0 Å². The van der Waals surface area contributed by atoms with Crippen molar-refractivity contribution in [1.29, 1.82) is 0 Å². The quantitative estimate of drug-likeness (QED) is 0.601. The summed E-state index contributed by atoms with van der Waals surface area (Å²) in [7, 11) is 3.63. The molecule has 0 aliphatic carbocycles. The third kappa shape index (κ3) is 3.04. The Hall–Kier alpha value is -1.49. The average molecular weight is 251 g/mol. The molecule has 0 amide bonds. The largest absolute Gasteiger partial charge is 0.357 e. The number of likely N-dealkylation sites (N-methyl/N-ethyl adjacent to an activating group) is 1. The molecule has 0 atom stereocenters. The molecule has 18 heavy (non-hydrogen) atoms. The topological polar surface area (TPSA) is 36.4 Å². The maximum atomic E-state index is 13.5. The molecule has 1 aliphatic rings. The Morgan fingerprint density at radius 2 is 2.06 bits per heavy atom. The fourth-order valence-corrected chi connectivity index (χ4v) is 2.13. The van der Waals surface area contributed by atoms with Gasteiger partial charge in [0, 0.05) is 24.7 Å². The lowest BCUT2D eigenvalue weighted by Gasteiger charge is -2.17. The van der Waals surface area contributed by atoms with Gasteiger partial charge in [-0.25, -0.2) is 4.98 Å². The predicted octanol–water partition coefficient (Wildman–Crippen LogP) is 1.57. The van der Waals surface area contributed by atoms with Crippen LogP contribution in [0.15, 0.2) is 12.1 Å². The molecular formula is C13H18FN3O. The normalized spacial score (nSPS) is 15.4. The molecule has 98 valence electrons. The molecule has 5 heteroatoms. The number of nitrogens with zero attached hydrogens (tertiary/aromatic N) is 3.